The first-order valence-electron chi connectivity index (χ1n) is 7.00. The molecule has 110 valence electrons. The van der Waals surface area contributed by atoms with Gasteiger partial charge in [-0.2, -0.15) is 0 Å². The average Bonchev–Trinajstić information content (AvgIpc) is 2.46. The highest BCUT2D eigenvalue weighted by atomic mass is 16.5. The summed E-state index contributed by atoms with van der Waals surface area (Å²) in [6, 6.07) is 15.2. The number of anilines is 1. The maximum absolute atomic E-state index is 11.9. The Morgan fingerprint density at radius 1 is 1.14 bits per heavy atom. The Kier molecular flexibility index (Phi) is 5.21. The molecule has 0 spiro atoms. The zero-order valence-electron chi connectivity index (χ0n) is 12.3. The fourth-order valence-electron chi connectivity index (χ4n) is 2.01. The molecule has 0 saturated heterocycles. The lowest BCUT2D eigenvalue weighted by atomic mass is 10.1. The quantitative estimate of drug-likeness (QED) is 0.879. The lowest BCUT2D eigenvalue weighted by Gasteiger charge is -2.09. The van der Waals surface area contributed by atoms with E-state index >= 15 is 0 Å². The van der Waals surface area contributed by atoms with Gasteiger partial charge in [-0.1, -0.05) is 35.9 Å². The molecular weight excluding hydrogens is 264 g/mol. The van der Waals surface area contributed by atoms with E-state index in [0.717, 1.165) is 11.3 Å². The number of benzene rings is 2. The van der Waals surface area contributed by atoms with Gasteiger partial charge in [0.1, 0.15) is 5.75 Å². The molecule has 0 radical (unpaired) electrons. The number of hydrogen-bond acceptors (Lipinski definition) is 2. The highest BCUT2D eigenvalue weighted by Gasteiger charge is 2.03. The van der Waals surface area contributed by atoms with Crippen molar-refractivity contribution in [3.8, 4) is 5.75 Å². The zero-order chi connectivity index (χ0) is 15.1. The molecule has 2 N–H and O–H groups in total. The van der Waals surface area contributed by atoms with Gasteiger partial charge in [-0.3, -0.25) is 0 Å². The lowest BCUT2D eigenvalue weighted by molar-refractivity contribution is 0.251. The monoisotopic (exact) mass is 284 g/mol. The van der Waals surface area contributed by atoms with Gasteiger partial charge in [-0.15, -0.1) is 0 Å². The number of urea groups is 1. The fourth-order valence-corrected chi connectivity index (χ4v) is 2.01. The maximum Gasteiger partial charge on any atom is 0.319 e. The number of rotatable bonds is 5. The summed E-state index contributed by atoms with van der Waals surface area (Å²) in [7, 11) is 0. The smallest absolute Gasteiger partial charge is 0.319 e. The molecule has 0 atom stereocenters. The largest absolute Gasteiger partial charge is 0.494 e. The van der Waals surface area contributed by atoms with Crippen molar-refractivity contribution < 1.29 is 9.53 Å². The molecule has 0 unspecified atom stereocenters. The normalized spacial score (nSPS) is 10.0. The Hall–Kier alpha value is -2.49. The third kappa shape index (κ3) is 4.84. The molecule has 0 aliphatic carbocycles. The van der Waals surface area contributed by atoms with Crippen molar-refractivity contribution in [3.05, 3.63) is 59.7 Å². The van der Waals surface area contributed by atoms with Gasteiger partial charge in [0.2, 0.25) is 0 Å². The van der Waals surface area contributed by atoms with E-state index in [1.165, 1.54) is 5.56 Å². The third-order valence-corrected chi connectivity index (χ3v) is 2.94. The number of carbonyl (C=O) groups is 1. The molecule has 0 aliphatic heterocycles. The fraction of sp³-hybridized carbons (Fsp3) is 0.235. The number of amides is 2. The van der Waals surface area contributed by atoms with Crippen molar-refractivity contribution in [2.75, 3.05) is 11.9 Å². The summed E-state index contributed by atoms with van der Waals surface area (Å²) in [4.78, 5) is 11.9. The number of aryl methyl sites for hydroxylation is 1. The van der Waals surface area contributed by atoms with Crippen LogP contribution in [0.1, 0.15) is 18.1 Å². The molecule has 2 aromatic carbocycles. The zero-order valence-corrected chi connectivity index (χ0v) is 12.3. The van der Waals surface area contributed by atoms with Crippen LogP contribution in [0.4, 0.5) is 10.5 Å². The summed E-state index contributed by atoms with van der Waals surface area (Å²) in [5.41, 5.74) is 2.97. The van der Waals surface area contributed by atoms with E-state index in [-0.39, 0.29) is 6.03 Å². The van der Waals surface area contributed by atoms with Gasteiger partial charge in [0, 0.05) is 18.3 Å². The van der Waals surface area contributed by atoms with E-state index in [0.29, 0.717) is 18.8 Å². The van der Waals surface area contributed by atoms with E-state index in [4.69, 9.17) is 4.74 Å². The predicted molar refractivity (Wildman–Crippen MR) is 84.6 cm³/mol. The molecule has 0 aromatic heterocycles. The topological polar surface area (TPSA) is 50.4 Å². The van der Waals surface area contributed by atoms with E-state index in [1.807, 2.05) is 50.2 Å². The summed E-state index contributed by atoms with van der Waals surface area (Å²) in [5.74, 6) is 0.744. The van der Waals surface area contributed by atoms with Crippen LogP contribution < -0.4 is 15.4 Å². The van der Waals surface area contributed by atoms with Gasteiger partial charge in [-0.05, 0) is 31.5 Å². The van der Waals surface area contributed by atoms with Crippen LogP contribution in [-0.4, -0.2) is 12.6 Å². The number of carbonyl (C=O) groups excluding carboxylic acids is 1. The summed E-state index contributed by atoms with van der Waals surface area (Å²) in [6.07, 6.45) is 0. The minimum absolute atomic E-state index is 0.231. The minimum Gasteiger partial charge on any atom is -0.494 e. The second-order valence-corrected chi connectivity index (χ2v) is 4.76. The molecule has 2 amide bonds. The summed E-state index contributed by atoms with van der Waals surface area (Å²) in [5, 5.41) is 5.63. The third-order valence-electron chi connectivity index (χ3n) is 2.94. The average molecular weight is 284 g/mol. The minimum atomic E-state index is -0.231. The molecule has 4 nitrogen and oxygen atoms in total. The van der Waals surface area contributed by atoms with Crippen LogP contribution in [0.5, 0.6) is 5.75 Å². The van der Waals surface area contributed by atoms with Gasteiger partial charge in [0.25, 0.3) is 0 Å². The van der Waals surface area contributed by atoms with Crippen molar-refractivity contribution in [1.82, 2.24) is 5.32 Å². The SMILES string of the molecule is CCOc1cccc(NC(=O)NCc2cccc(C)c2)c1. The molecule has 2 aromatic rings. The van der Waals surface area contributed by atoms with Crippen LogP contribution in [0.3, 0.4) is 0 Å². The molecular formula is C17H20N2O2. The lowest BCUT2D eigenvalue weighted by Crippen LogP contribution is -2.28. The van der Waals surface area contributed by atoms with Gasteiger partial charge < -0.3 is 15.4 Å². The number of hydrogen-bond donors (Lipinski definition) is 2. The molecule has 0 bridgehead atoms. The van der Waals surface area contributed by atoms with Gasteiger partial charge >= 0.3 is 6.03 Å². The van der Waals surface area contributed by atoms with Gasteiger partial charge in [0.05, 0.1) is 6.61 Å². The Bertz CT molecular complexity index is 611. The van der Waals surface area contributed by atoms with E-state index in [9.17, 15) is 4.79 Å². The maximum atomic E-state index is 11.9. The Morgan fingerprint density at radius 2 is 1.95 bits per heavy atom. The van der Waals surface area contributed by atoms with Crippen molar-refractivity contribution >= 4 is 11.7 Å². The number of nitrogens with one attached hydrogen (secondary N) is 2. The van der Waals surface area contributed by atoms with E-state index < -0.39 is 0 Å². The van der Waals surface area contributed by atoms with Crippen LogP contribution in [0.15, 0.2) is 48.5 Å². The van der Waals surface area contributed by atoms with Crippen LogP contribution in [0.2, 0.25) is 0 Å². The van der Waals surface area contributed by atoms with Gasteiger partial charge in [0.15, 0.2) is 0 Å². The highest BCUT2D eigenvalue weighted by Crippen LogP contribution is 2.17. The van der Waals surface area contributed by atoms with Crippen molar-refractivity contribution in [2.45, 2.75) is 20.4 Å². The van der Waals surface area contributed by atoms with Crippen LogP contribution in [0.25, 0.3) is 0 Å². The van der Waals surface area contributed by atoms with Crippen molar-refractivity contribution in [2.24, 2.45) is 0 Å². The van der Waals surface area contributed by atoms with E-state index in [1.54, 1.807) is 6.07 Å². The van der Waals surface area contributed by atoms with Gasteiger partial charge in [-0.25, -0.2) is 4.79 Å². The predicted octanol–water partition coefficient (Wildman–Crippen LogP) is 3.72. The molecule has 0 fully saturated rings. The molecule has 2 rings (SSSR count). The summed E-state index contributed by atoms with van der Waals surface area (Å²) in [6.45, 7) is 5.05. The second kappa shape index (κ2) is 7.33. The number of ether oxygens (including phenoxy) is 1. The van der Waals surface area contributed by atoms with E-state index in [2.05, 4.69) is 16.7 Å². The Labute approximate surface area is 125 Å². The summed E-state index contributed by atoms with van der Waals surface area (Å²) < 4.78 is 5.40. The first kappa shape index (κ1) is 14.9. The molecule has 0 saturated carbocycles. The van der Waals surface area contributed by atoms with Crippen LogP contribution in [0, 0.1) is 6.92 Å². The Morgan fingerprint density at radius 3 is 2.71 bits per heavy atom. The molecule has 0 heterocycles. The highest BCUT2D eigenvalue weighted by molar-refractivity contribution is 5.89. The Balaban J connectivity index is 1.88. The van der Waals surface area contributed by atoms with Crippen LogP contribution in [-0.2, 0) is 6.54 Å². The second-order valence-electron chi connectivity index (χ2n) is 4.76. The summed E-state index contributed by atoms with van der Waals surface area (Å²) >= 11 is 0. The first-order valence-corrected chi connectivity index (χ1v) is 7.00. The van der Waals surface area contributed by atoms with Crippen LogP contribution >= 0.6 is 0 Å². The standard InChI is InChI=1S/C17H20N2O2/c1-3-21-16-9-5-8-15(11-16)19-17(20)18-12-14-7-4-6-13(2)10-14/h4-11H,3,12H2,1-2H3,(H2,18,19,20). The van der Waals surface area contributed by atoms with Crippen molar-refractivity contribution in [1.29, 1.82) is 0 Å². The van der Waals surface area contributed by atoms with Crippen molar-refractivity contribution in [3.63, 3.8) is 0 Å². The molecule has 4 heteroatoms. The molecule has 0 aliphatic rings. The first-order chi connectivity index (χ1) is 10.2. The molecule has 21 heavy (non-hydrogen) atoms.